The van der Waals surface area contributed by atoms with E-state index in [2.05, 4.69) is 5.32 Å². The summed E-state index contributed by atoms with van der Waals surface area (Å²) in [6.45, 7) is 3.88. The standard InChI is InChI=1S/C20H26N2O4S/c1-14-6-7-17(12-15(14)2)21-20(24)16-4-3-5-19(13-16)27(25,26)22(10-11-23)18-8-9-18/h3-7,12-13,18,20-21,23-24H,8-11H2,1-2H3. The zero-order chi connectivity index (χ0) is 19.6. The van der Waals surface area contributed by atoms with Crippen molar-refractivity contribution in [2.75, 3.05) is 18.5 Å². The van der Waals surface area contributed by atoms with Crippen molar-refractivity contribution >= 4 is 15.7 Å². The van der Waals surface area contributed by atoms with Crippen LogP contribution in [-0.2, 0) is 10.0 Å². The van der Waals surface area contributed by atoms with E-state index in [1.807, 2.05) is 32.0 Å². The molecule has 0 saturated heterocycles. The number of rotatable bonds is 8. The van der Waals surface area contributed by atoms with Gasteiger partial charge in [-0.1, -0.05) is 18.2 Å². The lowest BCUT2D eigenvalue weighted by atomic mass is 10.1. The number of nitrogens with zero attached hydrogens (tertiary/aromatic N) is 1. The minimum Gasteiger partial charge on any atom is -0.395 e. The van der Waals surface area contributed by atoms with Crippen molar-refractivity contribution in [3.63, 3.8) is 0 Å². The summed E-state index contributed by atoms with van der Waals surface area (Å²) in [4.78, 5) is 0.126. The average molecular weight is 391 g/mol. The molecule has 0 aromatic heterocycles. The molecule has 6 nitrogen and oxygen atoms in total. The Balaban J connectivity index is 1.82. The van der Waals surface area contributed by atoms with Crippen LogP contribution < -0.4 is 5.32 Å². The molecule has 0 radical (unpaired) electrons. The third kappa shape index (κ3) is 4.50. The van der Waals surface area contributed by atoms with Crippen molar-refractivity contribution < 1.29 is 18.6 Å². The van der Waals surface area contributed by atoms with Gasteiger partial charge in [-0.15, -0.1) is 0 Å². The highest BCUT2D eigenvalue weighted by Crippen LogP contribution is 2.32. The fourth-order valence-electron chi connectivity index (χ4n) is 3.01. The minimum absolute atomic E-state index is 0.0376. The van der Waals surface area contributed by atoms with Crippen LogP contribution in [0.5, 0.6) is 0 Å². The first-order chi connectivity index (χ1) is 12.8. The Morgan fingerprint density at radius 1 is 1.15 bits per heavy atom. The Labute approximate surface area is 160 Å². The summed E-state index contributed by atoms with van der Waals surface area (Å²) in [6.07, 6.45) is 0.598. The average Bonchev–Trinajstić information content (AvgIpc) is 3.47. The first-order valence-corrected chi connectivity index (χ1v) is 10.5. The fourth-order valence-corrected chi connectivity index (χ4v) is 4.74. The van der Waals surface area contributed by atoms with Crippen LogP contribution in [0.15, 0.2) is 47.4 Å². The van der Waals surface area contributed by atoms with E-state index in [-0.39, 0.29) is 24.1 Å². The Morgan fingerprint density at radius 2 is 1.89 bits per heavy atom. The van der Waals surface area contributed by atoms with Gasteiger partial charge >= 0.3 is 0 Å². The zero-order valence-electron chi connectivity index (χ0n) is 15.6. The number of anilines is 1. The normalized spacial score (nSPS) is 15.7. The SMILES string of the molecule is Cc1ccc(NC(O)c2cccc(S(=O)(=O)N(CCO)C3CC3)c2)cc1C. The van der Waals surface area contributed by atoms with Crippen molar-refractivity contribution in [2.45, 2.75) is 43.9 Å². The zero-order valence-corrected chi connectivity index (χ0v) is 16.4. The van der Waals surface area contributed by atoms with Crippen LogP contribution in [0, 0.1) is 13.8 Å². The molecule has 1 fully saturated rings. The maximum absolute atomic E-state index is 12.9. The predicted octanol–water partition coefficient (Wildman–Crippen LogP) is 2.55. The second kappa shape index (κ2) is 7.98. The number of aliphatic hydroxyl groups excluding tert-OH is 2. The summed E-state index contributed by atoms with van der Waals surface area (Å²) >= 11 is 0. The summed E-state index contributed by atoms with van der Waals surface area (Å²) in [5.41, 5.74) is 3.49. The fraction of sp³-hybridized carbons (Fsp3) is 0.400. The molecule has 1 aliphatic rings. The maximum Gasteiger partial charge on any atom is 0.243 e. The second-order valence-corrected chi connectivity index (χ2v) is 8.88. The van der Waals surface area contributed by atoms with Gasteiger partial charge in [-0.05, 0) is 62.1 Å². The lowest BCUT2D eigenvalue weighted by Crippen LogP contribution is -2.35. The Morgan fingerprint density at radius 3 is 2.52 bits per heavy atom. The molecule has 1 aliphatic carbocycles. The first kappa shape index (κ1) is 19.8. The number of aliphatic hydroxyl groups is 2. The molecular formula is C20H26N2O4S. The molecule has 1 saturated carbocycles. The van der Waals surface area contributed by atoms with E-state index in [1.165, 1.54) is 16.4 Å². The Kier molecular flexibility index (Phi) is 5.86. The smallest absolute Gasteiger partial charge is 0.243 e. The number of benzene rings is 2. The molecular weight excluding hydrogens is 364 g/mol. The summed E-state index contributed by atoms with van der Waals surface area (Å²) in [5, 5.41) is 22.7. The largest absolute Gasteiger partial charge is 0.395 e. The molecule has 2 aromatic rings. The number of hydrogen-bond donors (Lipinski definition) is 3. The molecule has 0 bridgehead atoms. The summed E-state index contributed by atoms with van der Waals surface area (Å²) in [5.74, 6) is 0. The third-order valence-electron chi connectivity index (χ3n) is 4.87. The lowest BCUT2D eigenvalue weighted by molar-refractivity contribution is 0.208. The van der Waals surface area contributed by atoms with Crippen molar-refractivity contribution in [3.8, 4) is 0 Å². The molecule has 1 atom stereocenters. The molecule has 1 unspecified atom stereocenters. The van der Waals surface area contributed by atoms with Crippen molar-refractivity contribution in [3.05, 3.63) is 59.2 Å². The highest BCUT2D eigenvalue weighted by atomic mass is 32.2. The summed E-state index contributed by atoms with van der Waals surface area (Å²) in [7, 11) is -3.71. The molecule has 0 aliphatic heterocycles. The predicted molar refractivity (Wildman–Crippen MR) is 105 cm³/mol. The molecule has 3 N–H and O–H groups in total. The van der Waals surface area contributed by atoms with Crippen molar-refractivity contribution in [1.29, 1.82) is 0 Å². The van der Waals surface area contributed by atoms with Crippen LogP contribution in [0.3, 0.4) is 0 Å². The highest BCUT2D eigenvalue weighted by molar-refractivity contribution is 7.89. The van der Waals surface area contributed by atoms with Gasteiger partial charge in [0.15, 0.2) is 6.23 Å². The topological polar surface area (TPSA) is 89.9 Å². The summed E-state index contributed by atoms with van der Waals surface area (Å²) in [6, 6.07) is 12.1. The minimum atomic E-state index is -3.71. The molecule has 146 valence electrons. The van der Waals surface area contributed by atoms with Crippen LogP contribution in [-0.4, -0.2) is 42.1 Å². The Bertz CT molecular complexity index is 910. The molecule has 7 heteroatoms. The van der Waals surface area contributed by atoms with Crippen LogP contribution >= 0.6 is 0 Å². The molecule has 0 spiro atoms. The van der Waals surface area contributed by atoms with Gasteiger partial charge in [-0.3, -0.25) is 0 Å². The number of sulfonamides is 1. The lowest BCUT2D eigenvalue weighted by Gasteiger charge is -2.22. The molecule has 2 aromatic carbocycles. The van der Waals surface area contributed by atoms with Gasteiger partial charge in [0, 0.05) is 23.8 Å². The monoisotopic (exact) mass is 390 g/mol. The van der Waals surface area contributed by atoms with E-state index >= 15 is 0 Å². The number of aryl methyl sites for hydroxylation is 2. The van der Waals surface area contributed by atoms with Gasteiger partial charge in [0.2, 0.25) is 10.0 Å². The van der Waals surface area contributed by atoms with E-state index in [0.29, 0.717) is 5.56 Å². The maximum atomic E-state index is 12.9. The van der Waals surface area contributed by atoms with E-state index in [4.69, 9.17) is 0 Å². The van der Waals surface area contributed by atoms with Gasteiger partial charge in [0.05, 0.1) is 11.5 Å². The van der Waals surface area contributed by atoms with E-state index in [9.17, 15) is 18.6 Å². The second-order valence-electron chi connectivity index (χ2n) is 6.99. The van der Waals surface area contributed by atoms with Gasteiger partial charge in [-0.2, -0.15) is 4.31 Å². The molecule has 3 rings (SSSR count). The molecule has 0 heterocycles. The van der Waals surface area contributed by atoms with Crippen LogP contribution in [0.1, 0.15) is 35.8 Å². The van der Waals surface area contributed by atoms with E-state index in [0.717, 1.165) is 29.7 Å². The van der Waals surface area contributed by atoms with Crippen LogP contribution in [0.2, 0.25) is 0 Å². The van der Waals surface area contributed by atoms with Gasteiger partial charge in [-0.25, -0.2) is 8.42 Å². The third-order valence-corrected chi connectivity index (χ3v) is 6.81. The van der Waals surface area contributed by atoms with Gasteiger partial charge in [0.25, 0.3) is 0 Å². The van der Waals surface area contributed by atoms with E-state index < -0.39 is 16.3 Å². The summed E-state index contributed by atoms with van der Waals surface area (Å²) < 4.78 is 27.2. The highest BCUT2D eigenvalue weighted by Gasteiger charge is 2.37. The van der Waals surface area contributed by atoms with Crippen LogP contribution in [0.25, 0.3) is 0 Å². The van der Waals surface area contributed by atoms with Gasteiger partial charge in [0.1, 0.15) is 0 Å². The first-order valence-electron chi connectivity index (χ1n) is 9.07. The van der Waals surface area contributed by atoms with Crippen molar-refractivity contribution in [1.82, 2.24) is 4.31 Å². The Hall–Kier alpha value is -1.93. The van der Waals surface area contributed by atoms with Gasteiger partial charge < -0.3 is 15.5 Å². The number of hydrogen-bond acceptors (Lipinski definition) is 5. The molecule has 0 amide bonds. The quantitative estimate of drug-likeness (QED) is 0.603. The van der Waals surface area contributed by atoms with Crippen molar-refractivity contribution in [2.24, 2.45) is 0 Å². The van der Waals surface area contributed by atoms with E-state index in [1.54, 1.807) is 12.1 Å². The molecule has 27 heavy (non-hydrogen) atoms. The van der Waals surface area contributed by atoms with Crippen LogP contribution in [0.4, 0.5) is 5.69 Å². The number of nitrogens with one attached hydrogen (secondary N) is 1.